The predicted octanol–water partition coefficient (Wildman–Crippen LogP) is 2.19. The SMILES string of the molecule is NCCNC(=O)c1ccccc1NC(=O)c1ccc(OCC2CCCO2)cc1. The summed E-state index contributed by atoms with van der Waals surface area (Å²) >= 11 is 0. The fourth-order valence-corrected chi connectivity index (χ4v) is 2.93. The van der Waals surface area contributed by atoms with E-state index in [0.29, 0.717) is 42.3 Å². The van der Waals surface area contributed by atoms with Gasteiger partial charge in [0.25, 0.3) is 11.8 Å². The van der Waals surface area contributed by atoms with Gasteiger partial charge in [0.2, 0.25) is 0 Å². The zero-order valence-electron chi connectivity index (χ0n) is 15.6. The van der Waals surface area contributed by atoms with Crippen molar-refractivity contribution in [2.24, 2.45) is 5.73 Å². The molecule has 2 aromatic carbocycles. The van der Waals surface area contributed by atoms with E-state index in [2.05, 4.69) is 10.6 Å². The molecule has 3 rings (SSSR count). The van der Waals surface area contributed by atoms with E-state index < -0.39 is 0 Å². The number of hydrogen-bond donors (Lipinski definition) is 3. The number of benzene rings is 2. The molecule has 0 radical (unpaired) electrons. The number of rotatable bonds is 8. The quantitative estimate of drug-likeness (QED) is 0.648. The van der Waals surface area contributed by atoms with Crippen molar-refractivity contribution in [2.75, 3.05) is 31.6 Å². The fourth-order valence-electron chi connectivity index (χ4n) is 2.93. The summed E-state index contributed by atoms with van der Waals surface area (Å²) in [5.74, 6) is 0.109. The van der Waals surface area contributed by atoms with Crippen LogP contribution in [0, 0.1) is 0 Å². The number of amides is 2. The maximum Gasteiger partial charge on any atom is 0.255 e. The Morgan fingerprint density at radius 2 is 1.89 bits per heavy atom. The number of nitrogens with two attached hydrogens (primary N) is 1. The van der Waals surface area contributed by atoms with Crippen LogP contribution in [0.15, 0.2) is 48.5 Å². The van der Waals surface area contributed by atoms with E-state index >= 15 is 0 Å². The highest BCUT2D eigenvalue weighted by Crippen LogP contribution is 2.19. The number of nitrogens with one attached hydrogen (secondary N) is 2. The van der Waals surface area contributed by atoms with Gasteiger partial charge in [-0.1, -0.05) is 12.1 Å². The molecule has 1 unspecified atom stereocenters. The second-order valence-electron chi connectivity index (χ2n) is 6.51. The van der Waals surface area contributed by atoms with E-state index in [1.165, 1.54) is 0 Å². The Morgan fingerprint density at radius 1 is 1.11 bits per heavy atom. The van der Waals surface area contributed by atoms with Crippen LogP contribution in [0.3, 0.4) is 0 Å². The van der Waals surface area contributed by atoms with E-state index in [1.54, 1.807) is 48.5 Å². The average molecular weight is 383 g/mol. The van der Waals surface area contributed by atoms with E-state index in [4.69, 9.17) is 15.2 Å². The summed E-state index contributed by atoms with van der Waals surface area (Å²) in [5.41, 5.74) is 6.73. The highest BCUT2D eigenvalue weighted by molar-refractivity contribution is 6.09. The molecule has 0 aliphatic carbocycles. The maximum atomic E-state index is 12.6. The van der Waals surface area contributed by atoms with Gasteiger partial charge in [-0.3, -0.25) is 9.59 Å². The number of para-hydroxylation sites is 1. The lowest BCUT2D eigenvalue weighted by Gasteiger charge is -2.13. The van der Waals surface area contributed by atoms with Crippen molar-refractivity contribution in [1.82, 2.24) is 5.32 Å². The van der Waals surface area contributed by atoms with Crippen LogP contribution in [0.4, 0.5) is 5.69 Å². The van der Waals surface area contributed by atoms with Crippen molar-refractivity contribution < 1.29 is 19.1 Å². The number of hydrogen-bond acceptors (Lipinski definition) is 5. The molecule has 2 amide bonds. The fraction of sp³-hybridized carbons (Fsp3) is 0.333. The van der Waals surface area contributed by atoms with Crippen molar-refractivity contribution in [3.63, 3.8) is 0 Å². The lowest BCUT2D eigenvalue weighted by Crippen LogP contribution is -2.30. The number of anilines is 1. The molecule has 1 heterocycles. The monoisotopic (exact) mass is 383 g/mol. The lowest BCUT2D eigenvalue weighted by molar-refractivity contribution is 0.0679. The first-order valence-corrected chi connectivity index (χ1v) is 9.40. The van der Waals surface area contributed by atoms with Gasteiger partial charge < -0.3 is 25.8 Å². The molecule has 1 saturated heterocycles. The largest absolute Gasteiger partial charge is 0.491 e. The maximum absolute atomic E-state index is 12.6. The Kier molecular flexibility index (Phi) is 7.00. The highest BCUT2D eigenvalue weighted by atomic mass is 16.5. The topological polar surface area (TPSA) is 103 Å². The van der Waals surface area contributed by atoms with Gasteiger partial charge in [-0.25, -0.2) is 0 Å². The van der Waals surface area contributed by atoms with Crippen LogP contribution in [-0.2, 0) is 4.74 Å². The molecule has 0 saturated carbocycles. The summed E-state index contributed by atoms with van der Waals surface area (Å²) in [6, 6.07) is 13.7. The summed E-state index contributed by atoms with van der Waals surface area (Å²) in [5, 5.41) is 5.49. The zero-order valence-corrected chi connectivity index (χ0v) is 15.6. The third-order valence-electron chi connectivity index (χ3n) is 4.43. The summed E-state index contributed by atoms with van der Waals surface area (Å²) in [6.45, 7) is 2.02. The van der Waals surface area contributed by atoms with Gasteiger partial charge in [0, 0.05) is 25.3 Å². The van der Waals surface area contributed by atoms with E-state index in [0.717, 1.165) is 19.4 Å². The number of ether oxygens (including phenoxy) is 2. The van der Waals surface area contributed by atoms with E-state index in [-0.39, 0.29) is 17.9 Å². The molecule has 1 fully saturated rings. The smallest absolute Gasteiger partial charge is 0.255 e. The van der Waals surface area contributed by atoms with Crippen molar-refractivity contribution in [2.45, 2.75) is 18.9 Å². The Hall–Kier alpha value is -2.90. The molecular weight excluding hydrogens is 358 g/mol. The molecular formula is C21H25N3O4. The molecule has 4 N–H and O–H groups in total. The first-order chi connectivity index (χ1) is 13.7. The van der Waals surface area contributed by atoms with Crippen LogP contribution >= 0.6 is 0 Å². The van der Waals surface area contributed by atoms with Gasteiger partial charge in [0.1, 0.15) is 12.4 Å². The van der Waals surface area contributed by atoms with Crippen LogP contribution in [0.25, 0.3) is 0 Å². The summed E-state index contributed by atoms with van der Waals surface area (Å²) in [7, 11) is 0. The first-order valence-electron chi connectivity index (χ1n) is 9.40. The predicted molar refractivity (Wildman–Crippen MR) is 107 cm³/mol. The van der Waals surface area contributed by atoms with Gasteiger partial charge >= 0.3 is 0 Å². The van der Waals surface area contributed by atoms with Gasteiger partial charge in [-0.05, 0) is 49.2 Å². The third-order valence-corrected chi connectivity index (χ3v) is 4.43. The standard InChI is InChI=1S/C21H25N3O4/c22-11-12-23-21(26)18-5-1-2-6-19(18)24-20(25)15-7-9-16(10-8-15)28-14-17-4-3-13-27-17/h1-2,5-10,17H,3-4,11-14,22H2,(H,23,26)(H,24,25). The summed E-state index contributed by atoms with van der Waals surface area (Å²) < 4.78 is 11.2. The molecule has 1 atom stereocenters. The van der Waals surface area contributed by atoms with Crippen LogP contribution in [0.5, 0.6) is 5.75 Å². The van der Waals surface area contributed by atoms with Gasteiger partial charge in [-0.2, -0.15) is 0 Å². The minimum Gasteiger partial charge on any atom is -0.491 e. The van der Waals surface area contributed by atoms with Crippen molar-refractivity contribution >= 4 is 17.5 Å². The highest BCUT2D eigenvalue weighted by Gasteiger charge is 2.16. The van der Waals surface area contributed by atoms with Crippen LogP contribution in [0.2, 0.25) is 0 Å². The van der Waals surface area contributed by atoms with E-state index in [9.17, 15) is 9.59 Å². The van der Waals surface area contributed by atoms with Gasteiger partial charge in [0.05, 0.1) is 17.4 Å². The average Bonchev–Trinajstić information content (AvgIpc) is 3.25. The Morgan fingerprint density at radius 3 is 2.61 bits per heavy atom. The first kappa shape index (κ1) is 19.9. The normalized spacial score (nSPS) is 15.8. The Bertz CT molecular complexity index is 802. The van der Waals surface area contributed by atoms with Crippen molar-refractivity contribution in [1.29, 1.82) is 0 Å². The molecule has 7 heteroatoms. The van der Waals surface area contributed by atoms with Crippen LogP contribution < -0.4 is 21.1 Å². The molecule has 0 aromatic heterocycles. The van der Waals surface area contributed by atoms with Gasteiger partial charge in [0.15, 0.2) is 0 Å². The molecule has 1 aliphatic heterocycles. The summed E-state index contributed by atoms with van der Waals surface area (Å²) in [4.78, 5) is 24.8. The Labute approximate surface area is 164 Å². The second kappa shape index (κ2) is 9.87. The minimum atomic E-state index is -0.301. The van der Waals surface area contributed by atoms with Crippen molar-refractivity contribution in [3.8, 4) is 5.75 Å². The zero-order chi connectivity index (χ0) is 19.8. The molecule has 1 aliphatic rings. The number of carbonyl (C=O) groups excluding carboxylic acids is 2. The van der Waals surface area contributed by atoms with Gasteiger partial charge in [-0.15, -0.1) is 0 Å². The lowest BCUT2D eigenvalue weighted by atomic mass is 10.1. The van der Waals surface area contributed by atoms with Crippen molar-refractivity contribution in [3.05, 3.63) is 59.7 Å². The number of carbonyl (C=O) groups is 2. The van der Waals surface area contributed by atoms with E-state index in [1.807, 2.05) is 0 Å². The second-order valence-corrected chi connectivity index (χ2v) is 6.51. The molecule has 7 nitrogen and oxygen atoms in total. The summed E-state index contributed by atoms with van der Waals surface area (Å²) in [6.07, 6.45) is 2.22. The van der Waals surface area contributed by atoms with Crippen LogP contribution in [0.1, 0.15) is 33.6 Å². The Balaban J connectivity index is 1.60. The van der Waals surface area contributed by atoms with Crippen LogP contribution in [-0.4, -0.2) is 44.2 Å². The molecule has 0 bridgehead atoms. The third kappa shape index (κ3) is 5.31. The molecule has 28 heavy (non-hydrogen) atoms. The minimum absolute atomic E-state index is 0.143. The molecule has 2 aromatic rings. The molecule has 148 valence electrons. The molecule has 0 spiro atoms.